The van der Waals surface area contributed by atoms with Crippen molar-refractivity contribution in [2.75, 3.05) is 6.61 Å². The fraction of sp³-hybridized carbons (Fsp3) is 0.375. The van der Waals surface area contributed by atoms with E-state index in [1.807, 2.05) is 24.1 Å². The van der Waals surface area contributed by atoms with Crippen LogP contribution in [-0.2, 0) is 11.8 Å². The van der Waals surface area contributed by atoms with E-state index in [9.17, 15) is 0 Å². The maximum atomic E-state index is 5.92. The van der Waals surface area contributed by atoms with Gasteiger partial charge in [-0.1, -0.05) is 15.9 Å². The van der Waals surface area contributed by atoms with Gasteiger partial charge in [-0.05, 0) is 37.5 Å². The van der Waals surface area contributed by atoms with E-state index in [-0.39, 0.29) is 6.23 Å². The Morgan fingerprint density at radius 3 is 2.95 bits per heavy atom. The Hall–Kier alpha value is -1.66. The second-order valence-electron chi connectivity index (χ2n) is 5.68. The van der Waals surface area contributed by atoms with Crippen molar-refractivity contribution in [1.82, 2.24) is 19.6 Å². The highest BCUT2D eigenvalue weighted by Gasteiger charge is 2.22. The molecule has 1 aromatic carbocycles. The van der Waals surface area contributed by atoms with E-state index in [1.54, 1.807) is 4.68 Å². The Balaban J connectivity index is 1.90. The maximum Gasteiger partial charge on any atom is 0.150 e. The van der Waals surface area contributed by atoms with Crippen LogP contribution < -0.4 is 0 Å². The van der Waals surface area contributed by atoms with Crippen LogP contribution in [0.5, 0.6) is 0 Å². The van der Waals surface area contributed by atoms with Crippen LogP contribution in [0.4, 0.5) is 0 Å². The van der Waals surface area contributed by atoms with Gasteiger partial charge in [-0.25, -0.2) is 4.68 Å². The van der Waals surface area contributed by atoms with Crippen LogP contribution in [0.3, 0.4) is 0 Å². The summed E-state index contributed by atoms with van der Waals surface area (Å²) in [7, 11) is 1.92. The molecule has 1 atom stereocenters. The highest BCUT2D eigenvalue weighted by molar-refractivity contribution is 9.10. The number of rotatable bonds is 2. The van der Waals surface area contributed by atoms with E-state index in [0.29, 0.717) is 0 Å². The lowest BCUT2D eigenvalue weighted by Gasteiger charge is -2.23. The second-order valence-corrected chi connectivity index (χ2v) is 6.59. The zero-order valence-corrected chi connectivity index (χ0v) is 14.0. The Kier molecular flexibility index (Phi) is 3.50. The Morgan fingerprint density at radius 2 is 2.23 bits per heavy atom. The summed E-state index contributed by atoms with van der Waals surface area (Å²) in [5.41, 5.74) is 3.09. The molecule has 0 bridgehead atoms. The van der Waals surface area contributed by atoms with Gasteiger partial charge in [-0.2, -0.15) is 10.2 Å². The lowest BCUT2D eigenvalue weighted by molar-refractivity contribution is -0.0365. The molecular weight excluding hydrogens is 344 g/mol. The maximum absolute atomic E-state index is 5.92. The Morgan fingerprint density at radius 1 is 1.32 bits per heavy atom. The van der Waals surface area contributed by atoms with Crippen molar-refractivity contribution in [1.29, 1.82) is 0 Å². The van der Waals surface area contributed by atoms with E-state index >= 15 is 0 Å². The third kappa shape index (κ3) is 2.36. The first-order valence-electron chi connectivity index (χ1n) is 7.51. The van der Waals surface area contributed by atoms with Gasteiger partial charge < -0.3 is 4.74 Å². The number of hydrogen-bond donors (Lipinski definition) is 0. The van der Waals surface area contributed by atoms with Crippen LogP contribution in [0.2, 0.25) is 0 Å². The lowest BCUT2D eigenvalue weighted by atomic mass is 10.1. The summed E-state index contributed by atoms with van der Waals surface area (Å²) < 4.78 is 10.8. The first-order valence-corrected chi connectivity index (χ1v) is 8.30. The van der Waals surface area contributed by atoms with Gasteiger partial charge in [0, 0.05) is 35.3 Å². The zero-order valence-electron chi connectivity index (χ0n) is 12.4. The number of halogens is 1. The summed E-state index contributed by atoms with van der Waals surface area (Å²) >= 11 is 3.56. The minimum atomic E-state index is 0.0304. The Labute approximate surface area is 137 Å². The molecule has 1 unspecified atom stereocenters. The minimum absolute atomic E-state index is 0.0304. The standard InChI is InChI=1S/C16H17BrN4O/c1-20-10-11(9-18-20)16-13-8-12(17)5-6-14(13)21(19-16)15-4-2-3-7-22-15/h5-6,8-10,15H,2-4,7H2,1H3. The fourth-order valence-corrected chi connectivity index (χ4v) is 3.37. The first kappa shape index (κ1) is 14.0. The van der Waals surface area contributed by atoms with Gasteiger partial charge in [0.2, 0.25) is 0 Å². The average molecular weight is 361 g/mol. The first-order chi connectivity index (χ1) is 10.7. The smallest absolute Gasteiger partial charge is 0.150 e. The van der Waals surface area contributed by atoms with Gasteiger partial charge in [0.15, 0.2) is 6.23 Å². The molecule has 1 aliphatic rings. The summed E-state index contributed by atoms with van der Waals surface area (Å²) in [5, 5.41) is 10.2. The van der Waals surface area contributed by atoms with E-state index in [4.69, 9.17) is 9.84 Å². The van der Waals surface area contributed by atoms with E-state index in [1.165, 1.54) is 6.42 Å². The van der Waals surface area contributed by atoms with Crippen LogP contribution in [0.15, 0.2) is 35.1 Å². The molecule has 0 radical (unpaired) electrons. The van der Waals surface area contributed by atoms with Crippen molar-refractivity contribution < 1.29 is 4.74 Å². The third-order valence-electron chi connectivity index (χ3n) is 4.08. The number of aryl methyl sites for hydroxylation is 1. The molecule has 4 rings (SSSR count). The normalized spacial score (nSPS) is 18.9. The van der Waals surface area contributed by atoms with Gasteiger partial charge in [0.25, 0.3) is 0 Å². The number of hydrogen-bond acceptors (Lipinski definition) is 3. The molecule has 0 spiro atoms. The molecule has 1 aliphatic heterocycles. The van der Waals surface area contributed by atoms with Gasteiger partial charge in [-0.3, -0.25) is 4.68 Å². The number of aromatic nitrogens is 4. The predicted octanol–water partition coefficient (Wildman–Crippen LogP) is 3.90. The van der Waals surface area contributed by atoms with Crippen LogP contribution >= 0.6 is 15.9 Å². The average Bonchev–Trinajstić information content (AvgIpc) is 3.11. The van der Waals surface area contributed by atoms with Crippen LogP contribution in [0.1, 0.15) is 25.5 Å². The SMILES string of the molecule is Cn1cc(-c2nn(C3CCCCO3)c3ccc(Br)cc23)cn1. The molecule has 0 aliphatic carbocycles. The summed E-state index contributed by atoms with van der Waals surface area (Å²) in [4.78, 5) is 0. The van der Waals surface area contributed by atoms with Crippen molar-refractivity contribution >= 4 is 26.8 Å². The highest BCUT2D eigenvalue weighted by Crippen LogP contribution is 2.33. The minimum Gasteiger partial charge on any atom is -0.356 e. The molecule has 3 aromatic rings. The topological polar surface area (TPSA) is 44.9 Å². The number of benzene rings is 1. The summed E-state index contributed by atoms with van der Waals surface area (Å²) in [5.74, 6) is 0. The number of nitrogens with zero attached hydrogens (tertiary/aromatic N) is 4. The molecule has 0 N–H and O–H groups in total. The third-order valence-corrected chi connectivity index (χ3v) is 4.57. The van der Waals surface area contributed by atoms with Gasteiger partial charge in [0.05, 0.1) is 11.7 Å². The Bertz CT molecular complexity index is 817. The van der Waals surface area contributed by atoms with E-state index < -0.39 is 0 Å². The van der Waals surface area contributed by atoms with Crippen molar-refractivity contribution in [3.8, 4) is 11.3 Å². The molecule has 0 amide bonds. The molecule has 114 valence electrons. The monoisotopic (exact) mass is 360 g/mol. The molecule has 0 saturated carbocycles. The van der Waals surface area contributed by atoms with Crippen molar-refractivity contribution in [2.45, 2.75) is 25.5 Å². The van der Waals surface area contributed by atoms with Crippen molar-refractivity contribution in [3.05, 3.63) is 35.1 Å². The van der Waals surface area contributed by atoms with Gasteiger partial charge in [0.1, 0.15) is 5.69 Å². The fourth-order valence-electron chi connectivity index (χ4n) is 3.01. The van der Waals surface area contributed by atoms with Crippen molar-refractivity contribution in [3.63, 3.8) is 0 Å². The molecule has 2 aromatic heterocycles. The molecule has 1 saturated heterocycles. The number of fused-ring (bicyclic) bond motifs is 1. The van der Waals surface area contributed by atoms with Crippen LogP contribution in [0, 0.1) is 0 Å². The summed E-state index contributed by atoms with van der Waals surface area (Å²) in [6, 6.07) is 6.27. The lowest BCUT2D eigenvalue weighted by Crippen LogP contribution is -2.19. The zero-order chi connectivity index (χ0) is 15.1. The molecule has 6 heteroatoms. The highest BCUT2D eigenvalue weighted by atomic mass is 79.9. The van der Waals surface area contributed by atoms with Crippen molar-refractivity contribution in [2.24, 2.45) is 7.05 Å². The van der Waals surface area contributed by atoms with Gasteiger partial charge >= 0.3 is 0 Å². The van der Waals surface area contributed by atoms with Crippen LogP contribution in [0.25, 0.3) is 22.2 Å². The summed E-state index contributed by atoms with van der Waals surface area (Å²) in [6.07, 6.45) is 7.22. The molecule has 22 heavy (non-hydrogen) atoms. The summed E-state index contributed by atoms with van der Waals surface area (Å²) in [6.45, 7) is 0.810. The van der Waals surface area contributed by atoms with E-state index in [0.717, 1.165) is 46.1 Å². The molecule has 3 heterocycles. The molecule has 5 nitrogen and oxygen atoms in total. The van der Waals surface area contributed by atoms with Crippen LogP contribution in [-0.4, -0.2) is 26.2 Å². The van der Waals surface area contributed by atoms with Gasteiger partial charge in [-0.15, -0.1) is 0 Å². The quantitative estimate of drug-likeness (QED) is 0.696. The molecular formula is C16H17BrN4O. The predicted molar refractivity (Wildman–Crippen MR) is 88.5 cm³/mol. The largest absolute Gasteiger partial charge is 0.356 e. The second kappa shape index (κ2) is 5.52. The number of ether oxygens (including phenoxy) is 1. The molecule has 1 fully saturated rings. The van der Waals surface area contributed by atoms with E-state index in [2.05, 4.69) is 39.2 Å².